The van der Waals surface area contributed by atoms with Gasteiger partial charge in [0, 0.05) is 11.5 Å². The van der Waals surface area contributed by atoms with E-state index in [1.165, 1.54) is 6.07 Å². The van der Waals surface area contributed by atoms with Gasteiger partial charge in [-0.25, -0.2) is 13.8 Å². The summed E-state index contributed by atoms with van der Waals surface area (Å²) in [5.74, 6) is -1.29. The van der Waals surface area contributed by atoms with Crippen LogP contribution < -0.4 is 0 Å². The molecule has 0 saturated carbocycles. The van der Waals surface area contributed by atoms with Crippen LogP contribution in [-0.4, -0.2) is 4.98 Å². The molecule has 1 heterocycles. The molecule has 0 aliphatic heterocycles. The normalized spacial score (nSPS) is 10.9. The smallest absolute Gasteiger partial charge is 0.152 e. The summed E-state index contributed by atoms with van der Waals surface area (Å²) in [5.41, 5.74) is 0.896. The fourth-order valence-electron chi connectivity index (χ4n) is 1.48. The summed E-state index contributed by atoms with van der Waals surface area (Å²) in [7, 11) is 0. The van der Waals surface area contributed by atoms with Crippen LogP contribution in [0, 0.1) is 11.6 Å². The van der Waals surface area contributed by atoms with Gasteiger partial charge in [0.15, 0.2) is 5.82 Å². The second kappa shape index (κ2) is 3.74. The third-order valence-corrected chi connectivity index (χ3v) is 2.57. The molecule has 1 aromatic heterocycles. The highest BCUT2D eigenvalue weighted by Crippen LogP contribution is 2.23. The zero-order valence-corrected chi connectivity index (χ0v) is 8.78. The minimum atomic E-state index is -0.686. The molecule has 0 spiro atoms. The number of fused-ring (bicyclic) bond motifs is 1. The first kappa shape index (κ1) is 10.3. The summed E-state index contributed by atoms with van der Waals surface area (Å²) >= 11 is 5.84. The van der Waals surface area contributed by atoms with Crippen molar-refractivity contribution in [1.29, 1.82) is 0 Å². The summed E-state index contributed by atoms with van der Waals surface area (Å²) < 4.78 is 26.2. The number of pyridine rings is 1. The van der Waals surface area contributed by atoms with Crippen molar-refractivity contribution >= 4 is 22.5 Å². The van der Waals surface area contributed by atoms with E-state index in [0.29, 0.717) is 11.8 Å². The van der Waals surface area contributed by atoms with Crippen molar-refractivity contribution in [2.24, 2.45) is 0 Å². The molecule has 1 aromatic carbocycles. The lowest BCUT2D eigenvalue weighted by molar-refractivity contribution is 0.590. The van der Waals surface area contributed by atoms with Crippen LogP contribution >= 0.6 is 11.6 Å². The maximum Gasteiger partial charge on any atom is 0.152 e. The molecule has 0 bridgehead atoms. The van der Waals surface area contributed by atoms with E-state index in [1.807, 2.05) is 6.92 Å². The average molecular weight is 228 g/mol. The second-order valence-corrected chi connectivity index (χ2v) is 3.61. The van der Waals surface area contributed by atoms with Crippen LogP contribution in [-0.2, 0) is 6.42 Å². The molecule has 0 saturated heterocycles. The first-order valence-electron chi connectivity index (χ1n) is 4.56. The molecular formula is C11H8ClF2N. The molecule has 0 amide bonds. The first-order chi connectivity index (χ1) is 7.11. The van der Waals surface area contributed by atoms with Crippen LogP contribution in [0.5, 0.6) is 0 Å². The van der Waals surface area contributed by atoms with Gasteiger partial charge in [-0.15, -0.1) is 0 Å². The Morgan fingerprint density at radius 1 is 1.27 bits per heavy atom. The molecular weight excluding hydrogens is 220 g/mol. The maximum atomic E-state index is 13.3. The lowest BCUT2D eigenvalue weighted by Crippen LogP contribution is -1.92. The Labute approximate surface area is 90.7 Å². The monoisotopic (exact) mass is 227 g/mol. The Balaban J connectivity index is 2.81. The van der Waals surface area contributed by atoms with Crippen LogP contribution in [0.1, 0.15) is 12.5 Å². The van der Waals surface area contributed by atoms with Gasteiger partial charge in [-0.1, -0.05) is 18.5 Å². The van der Waals surface area contributed by atoms with Crippen molar-refractivity contribution in [2.75, 3.05) is 0 Å². The standard InChI is InChI=1S/C11H8ClF2N/c1-2-6-3-7-4-8(13)5-9(14)10(7)15-11(6)12/h3-5H,2H2,1H3. The van der Waals surface area contributed by atoms with E-state index < -0.39 is 11.6 Å². The number of benzene rings is 1. The predicted molar refractivity (Wildman–Crippen MR) is 56.0 cm³/mol. The molecule has 15 heavy (non-hydrogen) atoms. The third kappa shape index (κ3) is 1.79. The fraction of sp³-hybridized carbons (Fsp3) is 0.182. The topological polar surface area (TPSA) is 12.9 Å². The van der Waals surface area contributed by atoms with Crippen molar-refractivity contribution in [2.45, 2.75) is 13.3 Å². The second-order valence-electron chi connectivity index (χ2n) is 3.25. The van der Waals surface area contributed by atoms with Gasteiger partial charge in [-0.05, 0) is 24.1 Å². The fourth-order valence-corrected chi connectivity index (χ4v) is 1.75. The molecule has 2 rings (SSSR count). The van der Waals surface area contributed by atoms with Crippen LogP contribution in [0.3, 0.4) is 0 Å². The Morgan fingerprint density at radius 3 is 2.67 bits per heavy atom. The van der Waals surface area contributed by atoms with Gasteiger partial charge < -0.3 is 0 Å². The molecule has 0 unspecified atom stereocenters. The number of nitrogens with zero attached hydrogens (tertiary/aromatic N) is 1. The molecule has 0 N–H and O–H groups in total. The van der Waals surface area contributed by atoms with Gasteiger partial charge >= 0.3 is 0 Å². The van der Waals surface area contributed by atoms with Gasteiger partial charge in [0.25, 0.3) is 0 Å². The summed E-state index contributed by atoms with van der Waals surface area (Å²) in [6, 6.07) is 3.72. The van der Waals surface area contributed by atoms with E-state index in [4.69, 9.17) is 11.6 Å². The van der Waals surface area contributed by atoms with E-state index in [2.05, 4.69) is 4.98 Å². The van der Waals surface area contributed by atoms with Gasteiger partial charge in [0.1, 0.15) is 16.5 Å². The number of hydrogen-bond acceptors (Lipinski definition) is 1. The summed E-state index contributed by atoms with van der Waals surface area (Å²) in [5, 5.41) is 0.712. The molecule has 0 aliphatic carbocycles. The number of rotatable bonds is 1. The zero-order valence-electron chi connectivity index (χ0n) is 8.02. The third-order valence-electron chi connectivity index (χ3n) is 2.24. The largest absolute Gasteiger partial charge is 0.233 e. The maximum absolute atomic E-state index is 13.3. The van der Waals surface area contributed by atoms with E-state index in [1.54, 1.807) is 6.07 Å². The molecule has 0 aliphatic rings. The lowest BCUT2D eigenvalue weighted by Gasteiger charge is -2.04. The summed E-state index contributed by atoms with van der Waals surface area (Å²) in [4.78, 5) is 3.91. The van der Waals surface area contributed by atoms with Crippen molar-refractivity contribution in [3.8, 4) is 0 Å². The van der Waals surface area contributed by atoms with E-state index >= 15 is 0 Å². The summed E-state index contributed by atoms with van der Waals surface area (Å²) in [6.45, 7) is 1.91. The van der Waals surface area contributed by atoms with Crippen LogP contribution in [0.15, 0.2) is 18.2 Å². The average Bonchev–Trinajstić information content (AvgIpc) is 2.18. The van der Waals surface area contributed by atoms with E-state index in [-0.39, 0.29) is 10.7 Å². The highest BCUT2D eigenvalue weighted by molar-refractivity contribution is 6.30. The Hall–Kier alpha value is -1.22. The van der Waals surface area contributed by atoms with Crippen molar-refractivity contribution in [3.05, 3.63) is 40.6 Å². The van der Waals surface area contributed by atoms with E-state index in [0.717, 1.165) is 11.6 Å². The number of aryl methyl sites for hydroxylation is 1. The minimum Gasteiger partial charge on any atom is -0.233 e. The van der Waals surface area contributed by atoms with Crippen molar-refractivity contribution < 1.29 is 8.78 Å². The predicted octanol–water partition coefficient (Wildman–Crippen LogP) is 3.73. The summed E-state index contributed by atoms with van der Waals surface area (Å²) in [6.07, 6.45) is 0.680. The van der Waals surface area contributed by atoms with Crippen LogP contribution in [0.4, 0.5) is 8.78 Å². The Kier molecular flexibility index (Phi) is 2.57. The molecule has 0 fully saturated rings. The van der Waals surface area contributed by atoms with Crippen molar-refractivity contribution in [3.63, 3.8) is 0 Å². The number of aromatic nitrogens is 1. The Bertz CT molecular complexity index is 525. The SMILES string of the molecule is CCc1cc2cc(F)cc(F)c2nc1Cl. The van der Waals surface area contributed by atoms with Crippen LogP contribution in [0.25, 0.3) is 10.9 Å². The van der Waals surface area contributed by atoms with Crippen LogP contribution in [0.2, 0.25) is 5.15 Å². The zero-order chi connectivity index (χ0) is 11.0. The molecule has 78 valence electrons. The molecule has 2 aromatic rings. The van der Waals surface area contributed by atoms with Crippen molar-refractivity contribution in [1.82, 2.24) is 4.98 Å². The number of halogens is 3. The Morgan fingerprint density at radius 2 is 2.00 bits per heavy atom. The minimum absolute atomic E-state index is 0.110. The highest BCUT2D eigenvalue weighted by atomic mass is 35.5. The molecule has 0 atom stereocenters. The molecule has 1 nitrogen and oxygen atoms in total. The first-order valence-corrected chi connectivity index (χ1v) is 4.93. The molecule has 0 radical (unpaired) electrons. The van der Waals surface area contributed by atoms with Gasteiger partial charge in [0.2, 0.25) is 0 Å². The highest BCUT2D eigenvalue weighted by Gasteiger charge is 2.09. The van der Waals surface area contributed by atoms with E-state index in [9.17, 15) is 8.78 Å². The van der Waals surface area contributed by atoms with Gasteiger partial charge in [-0.3, -0.25) is 0 Å². The van der Waals surface area contributed by atoms with Gasteiger partial charge in [-0.2, -0.15) is 0 Å². The molecule has 4 heteroatoms. The number of hydrogen-bond donors (Lipinski definition) is 0. The quantitative estimate of drug-likeness (QED) is 0.677. The lowest BCUT2D eigenvalue weighted by atomic mass is 10.1. The van der Waals surface area contributed by atoms with Gasteiger partial charge in [0.05, 0.1) is 0 Å².